The Bertz CT molecular complexity index is 1130. The third-order valence-electron chi connectivity index (χ3n) is 4.04. The van der Waals surface area contributed by atoms with E-state index in [0.717, 1.165) is 5.69 Å². The van der Waals surface area contributed by atoms with Crippen molar-refractivity contribution in [3.8, 4) is 5.75 Å². The van der Waals surface area contributed by atoms with Crippen molar-refractivity contribution < 1.29 is 19.2 Å². The van der Waals surface area contributed by atoms with E-state index in [1.165, 1.54) is 24.4 Å². The van der Waals surface area contributed by atoms with Gasteiger partial charge in [-0.3, -0.25) is 20.0 Å². The van der Waals surface area contributed by atoms with Gasteiger partial charge in [0.1, 0.15) is 5.75 Å². The molecule has 0 saturated carbocycles. The maximum atomic E-state index is 12.2. The van der Waals surface area contributed by atoms with Crippen LogP contribution in [-0.4, -0.2) is 33.2 Å². The molecule has 0 saturated heterocycles. The van der Waals surface area contributed by atoms with Gasteiger partial charge >= 0.3 is 5.97 Å². The van der Waals surface area contributed by atoms with Gasteiger partial charge in [0.2, 0.25) is 0 Å². The number of carbonyl (C=O) groups is 2. The molecule has 30 heavy (non-hydrogen) atoms. The lowest BCUT2D eigenvalue weighted by atomic mass is 10.1. The largest absolute Gasteiger partial charge is 0.423 e. The molecule has 0 fully saturated rings. The number of amides is 1. The second-order valence-electron chi connectivity index (χ2n) is 6.35. The molecule has 1 heterocycles. The van der Waals surface area contributed by atoms with Crippen molar-refractivity contribution in [2.24, 2.45) is 5.10 Å². The van der Waals surface area contributed by atoms with Gasteiger partial charge in [-0.25, -0.2) is 10.2 Å². The standard InChI is InChI=1S/C20H17N5O5/c1-12-9-15(5-8-18(12)25(28)29)20(27)30-16-6-3-14(4-7-16)11-21-24-19(26)17-10-13(2)22-23-17/h3-11H,1-2H3,(H,22,23)(H,24,26)/b21-11-. The molecule has 0 atom stereocenters. The highest BCUT2D eigenvalue weighted by Gasteiger charge is 2.15. The number of hydrogen-bond donors (Lipinski definition) is 2. The summed E-state index contributed by atoms with van der Waals surface area (Å²) in [6.45, 7) is 3.33. The first-order chi connectivity index (χ1) is 14.3. The first-order valence-corrected chi connectivity index (χ1v) is 8.76. The van der Waals surface area contributed by atoms with E-state index in [1.807, 2.05) is 0 Å². The SMILES string of the molecule is Cc1cc(C(=O)N/N=C\c2ccc(OC(=O)c3ccc([N+](=O)[O-])c(C)c3)cc2)n[nH]1. The summed E-state index contributed by atoms with van der Waals surface area (Å²) in [5.74, 6) is -0.778. The van der Waals surface area contributed by atoms with E-state index in [9.17, 15) is 19.7 Å². The normalized spacial score (nSPS) is 10.7. The Labute approximate surface area is 170 Å². The average molecular weight is 407 g/mol. The summed E-state index contributed by atoms with van der Waals surface area (Å²) in [4.78, 5) is 34.4. The Morgan fingerprint density at radius 2 is 1.90 bits per heavy atom. The van der Waals surface area contributed by atoms with Gasteiger partial charge in [-0.15, -0.1) is 0 Å². The van der Waals surface area contributed by atoms with Crippen LogP contribution in [0.2, 0.25) is 0 Å². The molecule has 0 unspecified atom stereocenters. The topological polar surface area (TPSA) is 140 Å². The van der Waals surface area contributed by atoms with Crippen molar-refractivity contribution >= 4 is 23.8 Å². The average Bonchev–Trinajstić information content (AvgIpc) is 3.15. The third kappa shape index (κ3) is 4.93. The summed E-state index contributed by atoms with van der Waals surface area (Å²) in [7, 11) is 0. The molecule has 2 N–H and O–H groups in total. The lowest BCUT2D eigenvalue weighted by Gasteiger charge is -2.05. The molecule has 10 nitrogen and oxygen atoms in total. The van der Waals surface area contributed by atoms with Crippen molar-refractivity contribution in [3.05, 3.63) is 86.7 Å². The second-order valence-corrected chi connectivity index (χ2v) is 6.35. The molecule has 10 heteroatoms. The smallest absolute Gasteiger partial charge is 0.343 e. The van der Waals surface area contributed by atoms with E-state index < -0.39 is 16.8 Å². The number of H-pyrrole nitrogens is 1. The minimum absolute atomic E-state index is 0.0651. The van der Waals surface area contributed by atoms with E-state index in [4.69, 9.17) is 4.74 Å². The van der Waals surface area contributed by atoms with Crippen LogP contribution in [0.1, 0.15) is 37.7 Å². The van der Waals surface area contributed by atoms with Gasteiger partial charge in [-0.2, -0.15) is 10.2 Å². The number of esters is 1. The molecular formula is C20H17N5O5. The van der Waals surface area contributed by atoms with Gasteiger partial charge in [0.25, 0.3) is 11.6 Å². The van der Waals surface area contributed by atoms with Gasteiger partial charge in [0.05, 0.1) is 16.7 Å². The number of nitrogens with one attached hydrogen (secondary N) is 2. The van der Waals surface area contributed by atoms with Crippen molar-refractivity contribution in [2.75, 3.05) is 0 Å². The van der Waals surface area contributed by atoms with E-state index in [0.29, 0.717) is 16.9 Å². The van der Waals surface area contributed by atoms with Gasteiger partial charge in [-0.1, -0.05) is 0 Å². The molecular weight excluding hydrogens is 390 g/mol. The minimum Gasteiger partial charge on any atom is -0.423 e. The lowest BCUT2D eigenvalue weighted by molar-refractivity contribution is -0.385. The van der Waals surface area contributed by atoms with Crippen molar-refractivity contribution in [2.45, 2.75) is 13.8 Å². The van der Waals surface area contributed by atoms with Gasteiger partial charge in [-0.05, 0) is 61.9 Å². The Morgan fingerprint density at radius 1 is 1.17 bits per heavy atom. The predicted octanol–water partition coefficient (Wildman–Crippen LogP) is 2.92. The zero-order valence-electron chi connectivity index (χ0n) is 16.1. The number of aromatic amines is 1. The van der Waals surface area contributed by atoms with Crippen LogP contribution in [0.15, 0.2) is 53.6 Å². The lowest BCUT2D eigenvalue weighted by Crippen LogP contribution is -2.18. The molecule has 0 aliphatic carbocycles. The molecule has 0 spiro atoms. The number of nitrogens with zero attached hydrogens (tertiary/aromatic N) is 3. The first-order valence-electron chi connectivity index (χ1n) is 8.76. The number of nitro benzene ring substituents is 1. The van der Waals surface area contributed by atoms with Crippen LogP contribution in [-0.2, 0) is 0 Å². The fourth-order valence-corrected chi connectivity index (χ4v) is 2.53. The number of hydrazone groups is 1. The molecule has 0 aliphatic heterocycles. The highest BCUT2D eigenvalue weighted by Crippen LogP contribution is 2.20. The number of ether oxygens (including phenoxy) is 1. The van der Waals surface area contributed by atoms with Gasteiger partial charge < -0.3 is 4.74 Å². The molecule has 0 aliphatic rings. The first kappa shape index (κ1) is 20.4. The van der Waals surface area contributed by atoms with E-state index in [2.05, 4.69) is 20.7 Å². The number of hydrogen-bond acceptors (Lipinski definition) is 7. The van der Waals surface area contributed by atoms with Crippen LogP contribution in [0.25, 0.3) is 0 Å². The van der Waals surface area contributed by atoms with Crippen LogP contribution in [0.4, 0.5) is 5.69 Å². The molecule has 3 aromatic rings. The second kappa shape index (κ2) is 8.78. The summed E-state index contributed by atoms with van der Waals surface area (Å²) < 4.78 is 5.28. The molecule has 1 aromatic heterocycles. The van der Waals surface area contributed by atoms with Crippen LogP contribution in [0.3, 0.4) is 0 Å². The quantitative estimate of drug-likeness (QED) is 0.212. The zero-order chi connectivity index (χ0) is 21.7. The van der Waals surface area contributed by atoms with Crippen molar-refractivity contribution in [1.82, 2.24) is 15.6 Å². The summed E-state index contributed by atoms with van der Waals surface area (Å²) in [5.41, 5.74) is 4.53. The number of benzene rings is 2. The fraction of sp³-hybridized carbons (Fsp3) is 0.100. The molecule has 1 amide bonds. The van der Waals surface area contributed by atoms with Crippen LogP contribution >= 0.6 is 0 Å². The predicted molar refractivity (Wildman–Crippen MR) is 108 cm³/mol. The number of aryl methyl sites for hydroxylation is 2. The maximum absolute atomic E-state index is 12.2. The number of aromatic nitrogens is 2. The summed E-state index contributed by atoms with van der Waals surface area (Å²) in [5, 5.41) is 21.2. The maximum Gasteiger partial charge on any atom is 0.343 e. The Kier molecular flexibility index (Phi) is 5.97. The summed E-state index contributed by atoms with van der Waals surface area (Å²) >= 11 is 0. The molecule has 0 bridgehead atoms. The fourth-order valence-electron chi connectivity index (χ4n) is 2.53. The summed E-state index contributed by atoms with van der Waals surface area (Å²) in [6, 6.07) is 12.1. The molecule has 0 radical (unpaired) electrons. The molecule has 2 aromatic carbocycles. The van der Waals surface area contributed by atoms with Crippen LogP contribution in [0, 0.1) is 24.0 Å². The van der Waals surface area contributed by atoms with Gasteiger partial charge in [0.15, 0.2) is 5.69 Å². The van der Waals surface area contributed by atoms with Crippen molar-refractivity contribution in [3.63, 3.8) is 0 Å². The highest BCUT2D eigenvalue weighted by molar-refractivity contribution is 5.93. The van der Waals surface area contributed by atoms with E-state index in [1.54, 1.807) is 44.2 Å². The minimum atomic E-state index is -0.629. The van der Waals surface area contributed by atoms with Crippen molar-refractivity contribution in [1.29, 1.82) is 0 Å². The zero-order valence-corrected chi connectivity index (χ0v) is 16.1. The molecule has 3 rings (SSSR count). The Morgan fingerprint density at radius 3 is 2.50 bits per heavy atom. The summed E-state index contributed by atoms with van der Waals surface area (Å²) in [6.07, 6.45) is 1.43. The number of rotatable bonds is 6. The Balaban J connectivity index is 1.59. The highest BCUT2D eigenvalue weighted by atomic mass is 16.6. The third-order valence-corrected chi connectivity index (χ3v) is 4.04. The number of carbonyl (C=O) groups excluding carboxylic acids is 2. The monoisotopic (exact) mass is 407 g/mol. The van der Waals surface area contributed by atoms with E-state index in [-0.39, 0.29) is 16.9 Å². The van der Waals surface area contributed by atoms with E-state index >= 15 is 0 Å². The van der Waals surface area contributed by atoms with Crippen LogP contribution in [0.5, 0.6) is 5.75 Å². The molecule has 152 valence electrons. The number of nitro groups is 1. The van der Waals surface area contributed by atoms with Gasteiger partial charge in [0, 0.05) is 17.3 Å². The van der Waals surface area contributed by atoms with Crippen LogP contribution < -0.4 is 10.2 Å². The Hall–Kier alpha value is -4.34.